The van der Waals surface area contributed by atoms with Crippen LogP contribution >= 0.6 is 0 Å². The van der Waals surface area contributed by atoms with Crippen molar-refractivity contribution in [3.8, 4) is 0 Å². The Morgan fingerprint density at radius 3 is 3.00 bits per heavy atom. The molecule has 3 rings (SSSR count). The third-order valence-electron chi connectivity index (χ3n) is 4.47. The maximum atomic E-state index is 6.09. The molecule has 2 saturated heterocycles. The van der Waals surface area contributed by atoms with Gasteiger partial charge in [0.25, 0.3) is 0 Å². The molecule has 0 N–H and O–H groups in total. The van der Waals surface area contributed by atoms with Gasteiger partial charge in [0.05, 0.1) is 24.6 Å². The fourth-order valence-corrected chi connectivity index (χ4v) is 3.53. The Hall–Kier alpha value is -0.800. The number of ether oxygens (including phenoxy) is 2. The molecule has 3 heteroatoms. The van der Waals surface area contributed by atoms with Gasteiger partial charge in [0.1, 0.15) is 5.76 Å². The van der Waals surface area contributed by atoms with Gasteiger partial charge in [-0.25, -0.2) is 0 Å². The van der Waals surface area contributed by atoms with Crippen LogP contribution in [0.2, 0.25) is 0 Å². The van der Waals surface area contributed by atoms with Crippen molar-refractivity contribution in [2.24, 2.45) is 5.92 Å². The number of hydrogen-bond donors (Lipinski definition) is 0. The van der Waals surface area contributed by atoms with E-state index in [2.05, 4.69) is 19.9 Å². The van der Waals surface area contributed by atoms with Crippen LogP contribution in [0.4, 0.5) is 0 Å². The van der Waals surface area contributed by atoms with Crippen molar-refractivity contribution >= 4 is 0 Å². The molecule has 1 aromatic heterocycles. The first-order chi connectivity index (χ1) is 8.70. The van der Waals surface area contributed by atoms with Gasteiger partial charge in [-0.1, -0.05) is 6.92 Å². The molecule has 100 valence electrons. The second kappa shape index (κ2) is 4.71. The molecule has 1 aromatic rings. The number of rotatable bonds is 3. The summed E-state index contributed by atoms with van der Waals surface area (Å²) >= 11 is 0. The van der Waals surface area contributed by atoms with Crippen LogP contribution in [0.3, 0.4) is 0 Å². The van der Waals surface area contributed by atoms with Crippen molar-refractivity contribution in [2.75, 3.05) is 13.2 Å². The first-order valence-corrected chi connectivity index (χ1v) is 6.98. The van der Waals surface area contributed by atoms with Gasteiger partial charge in [0.15, 0.2) is 0 Å². The molecule has 0 bridgehead atoms. The van der Waals surface area contributed by atoms with Gasteiger partial charge in [-0.15, -0.1) is 0 Å². The zero-order valence-corrected chi connectivity index (χ0v) is 11.2. The molecule has 4 unspecified atom stereocenters. The summed E-state index contributed by atoms with van der Waals surface area (Å²) in [6.07, 6.45) is 5.49. The molecule has 3 heterocycles. The van der Waals surface area contributed by atoms with E-state index < -0.39 is 0 Å². The molecule has 3 nitrogen and oxygen atoms in total. The van der Waals surface area contributed by atoms with Crippen LogP contribution in [-0.4, -0.2) is 24.9 Å². The molecule has 2 fully saturated rings. The molecule has 18 heavy (non-hydrogen) atoms. The third kappa shape index (κ3) is 2.10. The molecule has 4 atom stereocenters. The second-order valence-corrected chi connectivity index (χ2v) is 5.87. The highest BCUT2D eigenvalue weighted by Crippen LogP contribution is 2.47. The number of furan rings is 1. The largest absolute Gasteiger partial charge is 0.469 e. The van der Waals surface area contributed by atoms with E-state index in [1.54, 1.807) is 6.26 Å². The molecule has 2 aliphatic rings. The van der Waals surface area contributed by atoms with Crippen molar-refractivity contribution in [2.45, 2.75) is 50.7 Å². The Bertz CT molecular complexity index is 373. The van der Waals surface area contributed by atoms with E-state index in [1.807, 2.05) is 6.07 Å². The molecule has 0 aliphatic carbocycles. The van der Waals surface area contributed by atoms with E-state index in [1.165, 1.54) is 6.42 Å². The van der Waals surface area contributed by atoms with Gasteiger partial charge in [-0.2, -0.15) is 0 Å². The third-order valence-corrected chi connectivity index (χ3v) is 4.47. The maximum absolute atomic E-state index is 6.09. The average molecular weight is 250 g/mol. The van der Waals surface area contributed by atoms with E-state index in [-0.39, 0.29) is 5.60 Å². The topological polar surface area (TPSA) is 31.6 Å². The van der Waals surface area contributed by atoms with Crippen LogP contribution < -0.4 is 0 Å². The molecule has 0 amide bonds. The maximum Gasteiger partial charge on any atom is 0.106 e. The molecule has 2 aliphatic heterocycles. The minimum Gasteiger partial charge on any atom is -0.469 e. The van der Waals surface area contributed by atoms with E-state index in [4.69, 9.17) is 13.9 Å². The van der Waals surface area contributed by atoms with Gasteiger partial charge in [0.2, 0.25) is 0 Å². The molecule has 0 aromatic carbocycles. The molecule has 1 spiro atoms. The molecular weight excluding hydrogens is 228 g/mol. The average Bonchev–Trinajstić information content (AvgIpc) is 2.83. The van der Waals surface area contributed by atoms with Gasteiger partial charge in [0, 0.05) is 31.3 Å². The Kier molecular flexibility index (Phi) is 3.20. The van der Waals surface area contributed by atoms with E-state index in [0.717, 1.165) is 31.8 Å². The van der Waals surface area contributed by atoms with Crippen molar-refractivity contribution in [3.63, 3.8) is 0 Å². The summed E-state index contributed by atoms with van der Waals surface area (Å²) in [7, 11) is 0. The summed E-state index contributed by atoms with van der Waals surface area (Å²) in [4.78, 5) is 0. The highest BCUT2D eigenvalue weighted by atomic mass is 16.5. The van der Waals surface area contributed by atoms with Crippen molar-refractivity contribution in [1.29, 1.82) is 0 Å². The molecular formula is C15H22O3. The summed E-state index contributed by atoms with van der Waals surface area (Å²) in [5.41, 5.74) is 0.0958. The molecule has 0 saturated carbocycles. The Balaban J connectivity index is 1.67. The van der Waals surface area contributed by atoms with Crippen molar-refractivity contribution in [3.05, 3.63) is 24.2 Å². The molecule has 0 radical (unpaired) electrons. The standard InChI is InChI=1S/C15H22O3/c1-11(14-4-3-6-17-14)8-13-10-16-7-5-15(13)9-12(2)18-15/h3-4,6,11-13H,5,7-10H2,1-2H3. The first-order valence-electron chi connectivity index (χ1n) is 6.98. The Labute approximate surface area is 108 Å². The first kappa shape index (κ1) is 12.2. The lowest BCUT2D eigenvalue weighted by Gasteiger charge is -2.54. The van der Waals surface area contributed by atoms with Gasteiger partial charge in [-0.3, -0.25) is 0 Å². The quantitative estimate of drug-likeness (QED) is 0.824. The van der Waals surface area contributed by atoms with Crippen LogP contribution in [0, 0.1) is 5.92 Å². The monoisotopic (exact) mass is 250 g/mol. The normalized spacial score (nSPS) is 37.4. The van der Waals surface area contributed by atoms with Crippen molar-refractivity contribution in [1.82, 2.24) is 0 Å². The van der Waals surface area contributed by atoms with Crippen LogP contribution in [0.25, 0.3) is 0 Å². The number of hydrogen-bond acceptors (Lipinski definition) is 3. The van der Waals surface area contributed by atoms with E-state index in [9.17, 15) is 0 Å². The summed E-state index contributed by atoms with van der Waals surface area (Å²) in [5, 5.41) is 0. The second-order valence-electron chi connectivity index (χ2n) is 5.87. The fraction of sp³-hybridized carbons (Fsp3) is 0.733. The highest BCUT2D eigenvalue weighted by molar-refractivity contribution is 5.07. The Morgan fingerprint density at radius 1 is 1.50 bits per heavy atom. The van der Waals surface area contributed by atoms with Gasteiger partial charge < -0.3 is 13.9 Å². The van der Waals surface area contributed by atoms with Crippen LogP contribution in [0.5, 0.6) is 0 Å². The summed E-state index contributed by atoms with van der Waals surface area (Å²) in [6, 6.07) is 4.02. The predicted octanol–water partition coefficient (Wildman–Crippen LogP) is 3.36. The lowest BCUT2D eigenvalue weighted by atomic mass is 9.71. The lowest BCUT2D eigenvalue weighted by molar-refractivity contribution is -0.261. The zero-order chi connectivity index (χ0) is 12.6. The van der Waals surface area contributed by atoms with E-state index in [0.29, 0.717) is 17.9 Å². The summed E-state index contributed by atoms with van der Waals surface area (Å²) in [6.45, 7) is 6.06. The minimum absolute atomic E-state index is 0.0958. The van der Waals surface area contributed by atoms with Gasteiger partial charge in [-0.05, 0) is 25.5 Å². The SMILES string of the molecule is CC1CC2(CCOCC2CC(C)c2ccco2)O1. The predicted molar refractivity (Wildman–Crippen MR) is 68.6 cm³/mol. The van der Waals surface area contributed by atoms with Crippen LogP contribution in [0.15, 0.2) is 22.8 Å². The van der Waals surface area contributed by atoms with E-state index >= 15 is 0 Å². The minimum atomic E-state index is 0.0958. The summed E-state index contributed by atoms with van der Waals surface area (Å²) in [5.74, 6) is 2.01. The van der Waals surface area contributed by atoms with Crippen molar-refractivity contribution < 1.29 is 13.9 Å². The van der Waals surface area contributed by atoms with Gasteiger partial charge >= 0.3 is 0 Å². The highest BCUT2D eigenvalue weighted by Gasteiger charge is 2.51. The zero-order valence-electron chi connectivity index (χ0n) is 11.2. The van der Waals surface area contributed by atoms with Crippen LogP contribution in [0.1, 0.15) is 44.8 Å². The van der Waals surface area contributed by atoms with Crippen LogP contribution in [-0.2, 0) is 9.47 Å². The fourth-order valence-electron chi connectivity index (χ4n) is 3.53. The smallest absolute Gasteiger partial charge is 0.106 e. The Morgan fingerprint density at radius 2 is 2.33 bits per heavy atom. The lowest BCUT2D eigenvalue weighted by Crippen LogP contribution is -2.58. The summed E-state index contributed by atoms with van der Waals surface area (Å²) < 4.78 is 17.2.